The summed E-state index contributed by atoms with van der Waals surface area (Å²) in [6.45, 7) is 6.48. The van der Waals surface area contributed by atoms with Crippen LogP contribution in [0, 0.1) is 12.8 Å². The quantitative estimate of drug-likeness (QED) is 0.762. The van der Waals surface area contributed by atoms with Crippen molar-refractivity contribution < 1.29 is 0 Å². The van der Waals surface area contributed by atoms with Crippen LogP contribution in [0.5, 0.6) is 0 Å². The van der Waals surface area contributed by atoms with Gasteiger partial charge in [0.2, 0.25) is 0 Å². The van der Waals surface area contributed by atoms with E-state index in [1.54, 1.807) is 0 Å². The van der Waals surface area contributed by atoms with Crippen LogP contribution in [0.4, 0.5) is 0 Å². The zero-order valence-electron chi connectivity index (χ0n) is 12.9. The number of benzene rings is 2. The lowest BCUT2D eigenvalue weighted by Gasteiger charge is -2.19. The van der Waals surface area contributed by atoms with E-state index < -0.39 is 0 Å². The average Bonchev–Trinajstić information content (AvgIpc) is 2.49. The molecule has 0 aromatic heterocycles. The van der Waals surface area contributed by atoms with Crippen LogP contribution >= 0.6 is 15.9 Å². The van der Waals surface area contributed by atoms with Crippen molar-refractivity contribution in [3.63, 3.8) is 0 Å². The van der Waals surface area contributed by atoms with Crippen molar-refractivity contribution in [2.45, 2.75) is 26.7 Å². The smallest absolute Gasteiger partial charge is 0.0175 e. The van der Waals surface area contributed by atoms with Gasteiger partial charge in [0.1, 0.15) is 0 Å². The second-order valence-corrected chi connectivity index (χ2v) is 6.55. The molecule has 0 radical (unpaired) electrons. The van der Waals surface area contributed by atoms with Gasteiger partial charge in [-0.1, -0.05) is 59.3 Å². The molecule has 21 heavy (non-hydrogen) atoms. The predicted octanol–water partition coefficient (Wildman–Crippen LogP) is 4.77. The molecule has 0 aliphatic carbocycles. The second-order valence-electron chi connectivity index (χ2n) is 5.63. The van der Waals surface area contributed by atoms with E-state index in [1.165, 1.54) is 16.7 Å². The van der Waals surface area contributed by atoms with Gasteiger partial charge in [0.25, 0.3) is 0 Å². The Hall–Kier alpha value is -1.12. The van der Waals surface area contributed by atoms with Gasteiger partial charge in [0.05, 0.1) is 0 Å². The highest BCUT2D eigenvalue weighted by Crippen LogP contribution is 2.18. The molecule has 2 rings (SSSR count). The second kappa shape index (κ2) is 8.35. The van der Waals surface area contributed by atoms with Crippen molar-refractivity contribution in [2.75, 3.05) is 13.1 Å². The monoisotopic (exact) mass is 345 g/mol. The zero-order chi connectivity index (χ0) is 15.1. The Morgan fingerprint density at radius 2 is 1.71 bits per heavy atom. The fourth-order valence-corrected chi connectivity index (χ4v) is 2.93. The highest BCUT2D eigenvalue weighted by atomic mass is 79.9. The van der Waals surface area contributed by atoms with Crippen molar-refractivity contribution in [3.05, 3.63) is 69.7 Å². The molecule has 0 saturated carbocycles. The maximum Gasteiger partial charge on any atom is 0.0175 e. The number of hydrogen-bond acceptors (Lipinski definition) is 1. The van der Waals surface area contributed by atoms with E-state index in [-0.39, 0.29) is 0 Å². The van der Waals surface area contributed by atoms with E-state index in [0.29, 0.717) is 5.92 Å². The van der Waals surface area contributed by atoms with Crippen LogP contribution in [0.15, 0.2) is 53.0 Å². The summed E-state index contributed by atoms with van der Waals surface area (Å²) in [7, 11) is 0. The molecule has 1 nitrogen and oxygen atoms in total. The first-order chi connectivity index (χ1) is 10.2. The molecular weight excluding hydrogens is 322 g/mol. The molecule has 2 heteroatoms. The Morgan fingerprint density at radius 1 is 1.00 bits per heavy atom. The van der Waals surface area contributed by atoms with Gasteiger partial charge < -0.3 is 5.32 Å². The van der Waals surface area contributed by atoms with E-state index in [1.807, 2.05) is 0 Å². The van der Waals surface area contributed by atoms with E-state index in [2.05, 4.69) is 83.6 Å². The topological polar surface area (TPSA) is 12.0 Å². The third-order valence-electron chi connectivity index (χ3n) is 3.89. The molecule has 0 bridgehead atoms. The van der Waals surface area contributed by atoms with Crippen LogP contribution in [-0.4, -0.2) is 13.1 Å². The number of rotatable bonds is 7. The first-order valence-electron chi connectivity index (χ1n) is 7.68. The Labute approximate surface area is 136 Å². The van der Waals surface area contributed by atoms with Crippen LogP contribution in [0.1, 0.15) is 23.6 Å². The normalized spacial score (nSPS) is 12.3. The Bertz CT molecular complexity index is 548. The molecule has 2 aromatic carbocycles. The minimum Gasteiger partial charge on any atom is -0.317 e. The molecule has 0 aliphatic heterocycles. The van der Waals surface area contributed by atoms with Crippen LogP contribution in [0.3, 0.4) is 0 Å². The number of hydrogen-bond donors (Lipinski definition) is 1. The van der Waals surface area contributed by atoms with Crippen LogP contribution < -0.4 is 5.32 Å². The SMILES string of the molecule is CCNCC(Cc1ccc(Br)cc1)Cc1ccccc1C. The molecule has 2 aromatic rings. The van der Waals surface area contributed by atoms with Crippen LogP contribution in [-0.2, 0) is 12.8 Å². The van der Waals surface area contributed by atoms with Gasteiger partial charge in [-0.15, -0.1) is 0 Å². The predicted molar refractivity (Wildman–Crippen MR) is 94.8 cm³/mol. The third-order valence-corrected chi connectivity index (χ3v) is 4.42. The van der Waals surface area contributed by atoms with Crippen molar-refractivity contribution in [3.8, 4) is 0 Å². The van der Waals surface area contributed by atoms with Gasteiger partial charge in [-0.3, -0.25) is 0 Å². The molecule has 1 N–H and O–H groups in total. The van der Waals surface area contributed by atoms with Crippen molar-refractivity contribution in [1.82, 2.24) is 5.32 Å². The molecule has 0 spiro atoms. The summed E-state index contributed by atoms with van der Waals surface area (Å²) in [5.41, 5.74) is 4.28. The van der Waals surface area contributed by atoms with E-state index >= 15 is 0 Å². The molecule has 0 saturated heterocycles. The summed E-state index contributed by atoms with van der Waals surface area (Å²) in [5.74, 6) is 0.632. The summed E-state index contributed by atoms with van der Waals surface area (Å²) >= 11 is 3.50. The van der Waals surface area contributed by atoms with E-state index in [9.17, 15) is 0 Å². The molecule has 1 atom stereocenters. The average molecular weight is 346 g/mol. The summed E-state index contributed by atoms with van der Waals surface area (Å²) in [5, 5.41) is 3.51. The maximum atomic E-state index is 3.51. The third kappa shape index (κ3) is 5.29. The lowest BCUT2D eigenvalue weighted by molar-refractivity contribution is 0.477. The molecule has 0 fully saturated rings. The Morgan fingerprint density at radius 3 is 2.38 bits per heavy atom. The summed E-state index contributed by atoms with van der Waals surface area (Å²) in [6, 6.07) is 17.4. The summed E-state index contributed by atoms with van der Waals surface area (Å²) in [6.07, 6.45) is 2.25. The molecule has 1 unspecified atom stereocenters. The number of aryl methyl sites for hydroxylation is 1. The van der Waals surface area contributed by atoms with Crippen molar-refractivity contribution >= 4 is 15.9 Å². The van der Waals surface area contributed by atoms with E-state index in [4.69, 9.17) is 0 Å². The molecule has 0 heterocycles. The van der Waals surface area contributed by atoms with E-state index in [0.717, 1.165) is 30.4 Å². The highest BCUT2D eigenvalue weighted by molar-refractivity contribution is 9.10. The molecule has 112 valence electrons. The lowest BCUT2D eigenvalue weighted by Crippen LogP contribution is -2.25. The standard InChI is InChI=1S/C19H24BrN/c1-3-21-14-17(12-16-8-10-19(20)11-9-16)13-18-7-5-4-6-15(18)2/h4-11,17,21H,3,12-14H2,1-2H3. The molecule has 0 aliphatic rings. The minimum atomic E-state index is 0.632. The van der Waals surface area contributed by atoms with Gasteiger partial charge >= 0.3 is 0 Å². The largest absolute Gasteiger partial charge is 0.317 e. The fraction of sp³-hybridized carbons (Fsp3) is 0.368. The van der Waals surface area contributed by atoms with Crippen LogP contribution in [0.25, 0.3) is 0 Å². The number of nitrogens with one attached hydrogen (secondary N) is 1. The van der Waals surface area contributed by atoms with Crippen molar-refractivity contribution in [1.29, 1.82) is 0 Å². The Balaban J connectivity index is 2.07. The first kappa shape index (κ1) is 16.3. The molecule has 0 amide bonds. The van der Waals surface area contributed by atoms with Gasteiger partial charge in [-0.2, -0.15) is 0 Å². The minimum absolute atomic E-state index is 0.632. The van der Waals surface area contributed by atoms with Gasteiger partial charge in [0.15, 0.2) is 0 Å². The van der Waals surface area contributed by atoms with Gasteiger partial charge in [0, 0.05) is 4.47 Å². The highest BCUT2D eigenvalue weighted by Gasteiger charge is 2.11. The van der Waals surface area contributed by atoms with Crippen LogP contribution in [0.2, 0.25) is 0 Å². The lowest BCUT2D eigenvalue weighted by atomic mass is 9.90. The number of halogens is 1. The summed E-state index contributed by atoms with van der Waals surface area (Å²) in [4.78, 5) is 0. The molecular formula is C19H24BrN. The summed E-state index contributed by atoms with van der Waals surface area (Å²) < 4.78 is 1.15. The Kier molecular flexibility index (Phi) is 6.47. The fourth-order valence-electron chi connectivity index (χ4n) is 2.67. The zero-order valence-corrected chi connectivity index (χ0v) is 14.5. The van der Waals surface area contributed by atoms with Gasteiger partial charge in [-0.05, 0) is 67.6 Å². The maximum absolute atomic E-state index is 3.51. The van der Waals surface area contributed by atoms with Crippen molar-refractivity contribution in [2.24, 2.45) is 5.92 Å². The first-order valence-corrected chi connectivity index (χ1v) is 8.48. The van der Waals surface area contributed by atoms with Gasteiger partial charge in [-0.25, -0.2) is 0 Å².